The molecule has 1 atom stereocenters. The lowest BCUT2D eigenvalue weighted by Gasteiger charge is -2.29. The highest BCUT2D eigenvalue weighted by molar-refractivity contribution is 6.46. The van der Waals surface area contributed by atoms with E-state index in [1.54, 1.807) is 36.3 Å². The number of benzene rings is 2. The molecule has 7 heteroatoms. The number of rotatable bonds is 8. The van der Waals surface area contributed by atoms with Crippen LogP contribution in [0.4, 0.5) is 0 Å². The average Bonchev–Trinajstić information content (AvgIpc) is 3.14. The van der Waals surface area contributed by atoms with Crippen molar-refractivity contribution in [3.8, 4) is 5.75 Å². The smallest absolute Gasteiger partial charge is 0.295 e. The molecule has 0 aromatic heterocycles. The third-order valence-corrected chi connectivity index (χ3v) is 6.56. The van der Waals surface area contributed by atoms with Gasteiger partial charge in [-0.3, -0.25) is 14.5 Å². The fourth-order valence-corrected chi connectivity index (χ4v) is 4.61. The maximum atomic E-state index is 13.2. The first-order valence-electron chi connectivity index (χ1n) is 11.8. The standard InChI is InChI=1S/C27H32N2O5/c1-3-19-8-10-20(11-9-19)24-23(25(30)21-6-4-7-22(18-21)33-2)26(31)27(32)29(24)13-5-12-28-14-16-34-17-15-28/h4,6-11,18,24,30H,3,5,12-17H2,1-2H3/b25-23+. The van der Waals surface area contributed by atoms with Crippen LogP contribution in [0.5, 0.6) is 5.75 Å². The largest absolute Gasteiger partial charge is 0.507 e. The molecule has 2 heterocycles. The van der Waals surface area contributed by atoms with E-state index in [-0.39, 0.29) is 11.3 Å². The summed E-state index contributed by atoms with van der Waals surface area (Å²) >= 11 is 0. The number of nitrogens with zero attached hydrogens (tertiary/aromatic N) is 2. The summed E-state index contributed by atoms with van der Waals surface area (Å²) in [6.07, 6.45) is 1.62. The topological polar surface area (TPSA) is 79.3 Å². The molecule has 2 saturated heterocycles. The Hall–Kier alpha value is -3.16. The Balaban J connectivity index is 1.68. The van der Waals surface area contributed by atoms with Crippen LogP contribution >= 0.6 is 0 Å². The van der Waals surface area contributed by atoms with Gasteiger partial charge >= 0.3 is 0 Å². The van der Waals surface area contributed by atoms with Gasteiger partial charge in [0.05, 0.1) is 31.9 Å². The van der Waals surface area contributed by atoms with Gasteiger partial charge in [-0.25, -0.2) is 0 Å². The fraction of sp³-hybridized carbons (Fsp3) is 0.407. The summed E-state index contributed by atoms with van der Waals surface area (Å²) in [5, 5.41) is 11.2. The van der Waals surface area contributed by atoms with Crippen molar-refractivity contribution in [3.63, 3.8) is 0 Å². The second-order valence-corrected chi connectivity index (χ2v) is 8.63. The summed E-state index contributed by atoms with van der Waals surface area (Å²) in [6, 6.07) is 14.2. The van der Waals surface area contributed by atoms with Gasteiger partial charge in [-0.05, 0) is 36.1 Å². The molecule has 7 nitrogen and oxygen atoms in total. The van der Waals surface area contributed by atoms with Crippen LogP contribution in [0.25, 0.3) is 5.76 Å². The summed E-state index contributed by atoms with van der Waals surface area (Å²) in [5.41, 5.74) is 2.54. The summed E-state index contributed by atoms with van der Waals surface area (Å²) in [4.78, 5) is 30.2. The number of ether oxygens (including phenoxy) is 2. The minimum atomic E-state index is -0.656. The second-order valence-electron chi connectivity index (χ2n) is 8.63. The maximum Gasteiger partial charge on any atom is 0.295 e. The zero-order chi connectivity index (χ0) is 24.1. The maximum absolute atomic E-state index is 13.2. The number of aliphatic hydroxyl groups is 1. The molecule has 0 spiro atoms. The first-order chi connectivity index (χ1) is 16.5. The van der Waals surface area contributed by atoms with Crippen molar-refractivity contribution in [1.29, 1.82) is 0 Å². The van der Waals surface area contributed by atoms with Crippen LogP contribution in [0.15, 0.2) is 54.1 Å². The number of hydrogen-bond acceptors (Lipinski definition) is 6. The van der Waals surface area contributed by atoms with E-state index in [9.17, 15) is 14.7 Å². The molecular formula is C27H32N2O5. The predicted molar refractivity (Wildman–Crippen MR) is 130 cm³/mol. The molecule has 1 N–H and O–H groups in total. The number of aliphatic hydroxyl groups excluding tert-OH is 1. The van der Waals surface area contributed by atoms with Crippen molar-refractivity contribution < 1.29 is 24.2 Å². The molecule has 2 aromatic rings. The first kappa shape index (κ1) is 24.0. The van der Waals surface area contributed by atoms with E-state index in [4.69, 9.17) is 9.47 Å². The van der Waals surface area contributed by atoms with Crippen molar-refractivity contribution in [2.45, 2.75) is 25.8 Å². The highest BCUT2D eigenvalue weighted by atomic mass is 16.5. The summed E-state index contributed by atoms with van der Waals surface area (Å²) in [5.74, 6) is -0.850. The number of carbonyl (C=O) groups is 2. The molecule has 0 bridgehead atoms. The number of hydrogen-bond donors (Lipinski definition) is 1. The fourth-order valence-electron chi connectivity index (χ4n) is 4.61. The molecule has 2 fully saturated rings. The lowest BCUT2D eigenvalue weighted by molar-refractivity contribution is -0.140. The molecule has 2 aliphatic rings. The predicted octanol–water partition coefficient (Wildman–Crippen LogP) is 3.40. The van der Waals surface area contributed by atoms with Crippen LogP contribution < -0.4 is 4.74 Å². The van der Waals surface area contributed by atoms with E-state index in [2.05, 4.69) is 11.8 Å². The van der Waals surface area contributed by atoms with Crippen LogP contribution in [-0.2, 0) is 20.7 Å². The molecule has 0 saturated carbocycles. The number of likely N-dealkylation sites (tertiary alicyclic amines) is 1. The molecule has 34 heavy (non-hydrogen) atoms. The molecule has 2 aromatic carbocycles. The number of ketones is 1. The Bertz CT molecular complexity index is 1060. The van der Waals surface area contributed by atoms with Crippen LogP contribution in [-0.4, -0.2) is 73.1 Å². The van der Waals surface area contributed by atoms with E-state index in [1.165, 1.54) is 5.56 Å². The Morgan fingerprint density at radius 3 is 2.50 bits per heavy atom. The normalized spacial score (nSPS) is 20.6. The lowest BCUT2D eigenvalue weighted by atomic mass is 9.94. The van der Waals surface area contributed by atoms with Gasteiger partial charge in [-0.1, -0.05) is 43.3 Å². The van der Waals surface area contributed by atoms with E-state index < -0.39 is 17.7 Å². The molecule has 0 aliphatic carbocycles. The highest BCUT2D eigenvalue weighted by Crippen LogP contribution is 2.40. The third-order valence-electron chi connectivity index (χ3n) is 6.56. The Morgan fingerprint density at radius 1 is 1.09 bits per heavy atom. The van der Waals surface area contributed by atoms with Crippen LogP contribution in [0, 0.1) is 0 Å². The van der Waals surface area contributed by atoms with Gasteiger partial charge in [-0.2, -0.15) is 0 Å². The molecule has 1 amide bonds. The SMILES string of the molecule is CCc1ccc(C2/C(=C(\O)c3cccc(OC)c3)C(=O)C(=O)N2CCCN2CCOCC2)cc1. The van der Waals surface area contributed by atoms with Gasteiger partial charge in [0.2, 0.25) is 0 Å². The monoisotopic (exact) mass is 464 g/mol. The van der Waals surface area contributed by atoms with Gasteiger partial charge in [0.1, 0.15) is 11.5 Å². The first-order valence-corrected chi connectivity index (χ1v) is 11.8. The Labute approximate surface area is 200 Å². The third kappa shape index (κ3) is 5.00. The molecule has 2 aliphatic heterocycles. The van der Waals surface area contributed by atoms with Crippen molar-refractivity contribution in [2.75, 3.05) is 46.5 Å². The van der Waals surface area contributed by atoms with Gasteiger partial charge in [-0.15, -0.1) is 0 Å². The second kappa shape index (κ2) is 10.8. The van der Waals surface area contributed by atoms with Crippen molar-refractivity contribution in [1.82, 2.24) is 9.80 Å². The minimum Gasteiger partial charge on any atom is -0.507 e. The Kier molecular flexibility index (Phi) is 7.65. The van der Waals surface area contributed by atoms with Crippen molar-refractivity contribution in [3.05, 3.63) is 70.8 Å². The molecule has 180 valence electrons. The van der Waals surface area contributed by atoms with Gasteiger partial charge in [0.15, 0.2) is 0 Å². The molecular weight excluding hydrogens is 432 g/mol. The number of carbonyl (C=O) groups excluding carboxylic acids is 2. The summed E-state index contributed by atoms with van der Waals surface area (Å²) in [7, 11) is 1.54. The number of methoxy groups -OCH3 is 1. The van der Waals surface area contributed by atoms with Crippen LogP contribution in [0.1, 0.15) is 36.1 Å². The summed E-state index contributed by atoms with van der Waals surface area (Å²) in [6.45, 7) is 6.51. The summed E-state index contributed by atoms with van der Waals surface area (Å²) < 4.78 is 10.7. The van der Waals surface area contributed by atoms with E-state index >= 15 is 0 Å². The Morgan fingerprint density at radius 2 is 1.82 bits per heavy atom. The number of Topliss-reactive ketones (excluding diaryl/α,β-unsaturated/α-hetero) is 1. The number of morpholine rings is 1. The van der Waals surface area contributed by atoms with Gasteiger partial charge in [0.25, 0.3) is 11.7 Å². The van der Waals surface area contributed by atoms with E-state index in [0.29, 0.717) is 17.9 Å². The zero-order valence-electron chi connectivity index (χ0n) is 19.8. The number of aryl methyl sites for hydroxylation is 1. The van der Waals surface area contributed by atoms with Crippen molar-refractivity contribution in [2.24, 2.45) is 0 Å². The highest BCUT2D eigenvalue weighted by Gasteiger charge is 2.45. The zero-order valence-corrected chi connectivity index (χ0v) is 19.8. The lowest BCUT2D eigenvalue weighted by Crippen LogP contribution is -2.38. The molecule has 1 unspecified atom stereocenters. The van der Waals surface area contributed by atoms with Crippen LogP contribution in [0.2, 0.25) is 0 Å². The molecule has 4 rings (SSSR count). The number of amides is 1. The quantitative estimate of drug-likeness (QED) is 0.367. The van der Waals surface area contributed by atoms with Crippen LogP contribution in [0.3, 0.4) is 0 Å². The van der Waals surface area contributed by atoms with Gasteiger partial charge in [0, 0.05) is 31.7 Å². The molecule has 0 radical (unpaired) electrons. The van der Waals surface area contributed by atoms with E-state index in [1.807, 2.05) is 24.3 Å². The van der Waals surface area contributed by atoms with E-state index in [0.717, 1.165) is 51.3 Å². The van der Waals surface area contributed by atoms with Gasteiger partial charge < -0.3 is 19.5 Å². The van der Waals surface area contributed by atoms with Crippen molar-refractivity contribution >= 4 is 17.4 Å². The minimum absolute atomic E-state index is 0.119. The average molecular weight is 465 g/mol.